The fourth-order valence-electron chi connectivity index (χ4n) is 1.97. The molecule has 0 bridgehead atoms. The molecule has 1 heterocycles. The molecule has 2 rings (SSSR count). The van der Waals surface area contributed by atoms with Crippen molar-refractivity contribution in [2.24, 2.45) is 0 Å². The molecule has 5 nitrogen and oxygen atoms in total. The first-order valence-electron chi connectivity index (χ1n) is 7.10. The molecule has 0 radical (unpaired) electrons. The summed E-state index contributed by atoms with van der Waals surface area (Å²) < 4.78 is 14.9. The molecule has 0 aliphatic carbocycles. The van der Waals surface area contributed by atoms with Gasteiger partial charge in [0.1, 0.15) is 6.61 Å². The number of hydrogen-bond donors (Lipinski definition) is 0. The van der Waals surface area contributed by atoms with E-state index >= 15 is 0 Å². The largest absolute Gasteiger partial charge is 0.519 e. The average molecular weight is 369 g/mol. The highest BCUT2D eigenvalue weighted by atomic mass is 79.9. The Labute approximate surface area is 136 Å². The second-order valence-corrected chi connectivity index (χ2v) is 5.56. The van der Waals surface area contributed by atoms with Crippen LogP contribution in [0.1, 0.15) is 41.1 Å². The van der Waals surface area contributed by atoms with Crippen LogP contribution in [0, 0.1) is 0 Å². The lowest BCUT2D eigenvalue weighted by atomic mass is 10.1. The van der Waals surface area contributed by atoms with Crippen LogP contribution in [-0.2, 0) is 17.8 Å². The molecular weight excluding hydrogens is 352 g/mol. The normalized spacial score (nSPS) is 10.6. The lowest BCUT2D eigenvalue weighted by Crippen LogP contribution is -2.07. The zero-order valence-electron chi connectivity index (χ0n) is 12.0. The number of unbranched alkanes of at least 4 members (excludes halogenated alkanes) is 2. The molecule has 0 aliphatic rings. The Hall–Kier alpha value is -1.82. The third-order valence-electron chi connectivity index (χ3n) is 3.08. The minimum atomic E-state index is -0.873. The van der Waals surface area contributed by atoms with Gasteiger partial charge < -0.3 is 13.6 Å². The lowest BCUT2D eigenvalue weighted by Gasteiger charge is -2.03. The Balaban J connectivity index is 1.95. The highest BCUT2D eigenvalue weighted by molar-refractivity contribution is 9.09. The molecule has 22 heavy (non-hydrogen) atoms. The summed E-state index contributed by atoms with van der Waals surface area (Å²) in [5, 5.41) is 0.925. The molecule has 0 N–H and O–H groups in total. The lowest BCUT2D eigenvalue weighted by molar-refractivity contribution is 0.0432. The number of esters is 1. The summed E-state index contributed by atoms with van der Waals surface area (Å²) in [7, 11) is 0. The van der Waals surface area contributed by atoms with Gasteiger partial charge in [0.2, 0.25) is 0 Å². The Kier molecular flexibility index (Phi) is 6.45. The van der Waals surface area contributed by atoms with E-state index in [9.17, 15) is 9.59 Å². The number of benzene rings is 1. The van der Waals surface area contributed by atoms with E-state index in [2.05, 4.69) is 15.9 Å². The van der Waals surface area contributed by atoms with Crippen molar-refractivity contribution in [2.75, 3.05) is 5.33 Å². The van der Waals surface area contributed by atoms with Crippen LogP contribution in [0.5, 0.6) is 0 Å². The third kappa shape index (κ3) is 4.87. The monoisotopic (exact) mass is 368 g/mol. The van der Waals surface area contributed by atoms with Crippen molar-refractivity contribution in [3.63, 3.8) is 0 Å². The van der Waals surface area contributed by atoms with Crippen molar-refractivity contribution in [3.05, 3.63) is 58.0 Å². The second-order valence-electron chi connectivity index (χ2n) is 4.77. The molecule has 0 saturated carbocycles. The van der Waals surface area contributed by atoms with Gasteiger partial charge in [-0.3, -0.25) is 0 Å². The van der Waals surface area contributed by atoms with Gasteiger partial charge in [-0.25, -0.2) is 9.59 Å². The molecule has 2 aromatic rings. The Morgan fingerprint density at radius 2 is 1.86 bits per heavy atom. The maximum Gasteiger partial charge on any atom is 0.519 e. The SMILES string of the molecule is O=C(OCc1ccccc1)c1oc(=O)oc1CCCCCBr. The number of alkyl halides is 1. The van der Waals surface area contributed by atoms with Crippen molar-refractivity contribution in [2.45, 2.75) is 32.3 Å². The van der Waals surface area contributed by atoms with E-state index in [1.807, 2.05) is 30.3 Å². The summed E-state index contributed by atoms with van der Waals surface area (Å²) in [5.74, 6) is -1.41. The summed E-state index contributed by atoms with van der Waals surface area (Å²) in [6, 6.07) is 9.29. The first-order valence-corrected chi connectivity index (χ1v) is 8.22. The third-order valence-corrected chi connectivity index (χ3v) is 3.64. The molecule has 0 spiro atoms. The number of carbonyl (C=O) groups excluding carboxylic acids is 1. The molecular formula is C16H17BrO5. The first-order chi connectivity index (χ1) is 10.7. The quantitative estimate of drug-likeness (QED) is 0.403. The van der Waals surface area contributed by atoms with Gasteiger partial charge in [0, 0.05) is 11.8 Å². The second kappa shape index (κ2) is 8.58. The van der Waals surface area contributed by atoms with E-state index in [4.69, 9.17) is 13.6 Å². The van der Waals surface area contributed by atoms with Crippen LogP contribution < -0.4 is 5.82 Å². The Morgan fingerprint density at radius 3 is 2.59 bits per heavy atom. The van der Waals surface area contributed by atoms with Gasteiger partial charge in [0.05, 0.1) is 0 Å². The molecule has 6 heteroatoms. The summed E-state index contributed by atoms with van der Waals surface area (Å²) >= 11 is 3.35. The Morgan fingerprint density at radius 1 is 1.09 bits per heavy atom. The molecule has 0 atom stereocenters. The van der Waals surface area contributed by atoms with Crippen molar-refractivity contribution in [3.8, 4) is 0 Å². The van der Waals surface area contributed by atoms with Gasteiger partial charge in [0.25, 0.3) is 5.76 Å². The summed E-state index contributed by atoms with van der Waals surface area (Å²) in [6.07, 6.45) is 3.29. The van der Waals surface area contributed by atoms with E-state index in [1.165, 1.54) is 0 Å². The molecule has 1 aromatic carbocycles. The standard InChI is InChI=1S/C16H17BrO5/c17-10-6-2-5-9-13-14(22-16(19)21-13)15(18)20-11-12-7-3-1-4-8-12/h1,3-4,7-8H,2,5-6,9-11H2. The zero-order valence-corrected chi connectivity index (χ0v) is 13.6. The summed E-state index contributed by atoms with van der Waals surface area (Å²) in [4.78, 5) is 23.2. The topological polar surface area (TPSA) is 69.7 Å². The van der Waals surface area contributed by atoms with E-state index < -0.39 is 11.8 Å². The summed E-state index contributed by atoms with van der Waals surface area (Å²) in [6.45, 7) is 0.123. The molecule has 1 aromatic heterocycles. The molecule has 0 unspecified atom stereocenters. The van der Waals surface area contributed by atoms with Crippen molar-refractivity contribution in [1.82, 2.24) is 0 Å². The smallest absolute Gasteiger partial charge is 0.455 e. The van der Waals surface area contributed by atoms with Crippen molar-refractivity contribution in [1.29, 1.82) is 0 Å². The van der Waals surface area contributed by atoms with Crippen LogP contribution in [0.2, 0.25) is 0 Å². The molecule has 0 fully saturated rings. The first kappa shape index (κ1) is 16.5. The number of aryl methyl sites for hydroxylation is 1. The van der Waals surface area contributed by atoms with Gasteiger partial charge in [-0.1, -0.05) is 52.7 Å². The number of halogens is 1. The minimum Gasteiger partial charge on any atom is -0.455 e. The summed E-state index contributed by atoms with van der Waals surface area (Å²) in [5.41, 5.74) is 0.862. The van der Waals surface area contributed by atoms with Crippen molar-refractivity contribution >= 4 is 21.9 Å². The van der Waals surface area contributed by atoms with Gasteiger partial charge in [-0.15, -0.1) is 0 Å². The fourth-order valence-corrected chi connectivity index (χ4v) is 2.37. The zero-order chi connectivity index (χ0) is 15.8. The predicted octanol–water partition coefficient (Wildman–Crippen LogP) is 3.70. The highest BCUT2D eigenvalue weighted by Gasteiger charge is 2.21. The van der Waals surface area contributed by atoms with Crippen LogP contribution in [0.3, 0.4) is 0 Å². The average Bonchev–Trinajstić information content (AvgIpc) is 2.91. The number of carbonyl (C=O) groups is 1. The van der Waals surface area contributed by atoms with Crippen LogP contribution >= 0.6 is 15.9 Å². The van der Waals surface area contributed by atoms with E-state index in [0.29, 0.717) is 6.42 Å². The van der Waals surface area contributed by atoms with Crippen LogP contribution in [0.4, 0.5) is 0 Å². The van der Waals surface area contributed by atoms with Crippen molar-refractivity contribution < 1.29 is 18.4 Å². The maximum absolute atomic E-state index is 12.0. The molecule has 0 aliphatic heterocycles. The van der Waals surface area contributed by atoms with Gasteiger partial charge in [-0.05, 0) is 18.4 Å². The predicted molar refractivity (Wildman–Crippen MR) is 84.2 cm³/mol. The fraction of sp³-hybridized carbons (Fsp3) is 0.375. The van der Waals surface area contributed by atoms with E-state index in [0.717, 1.165) is 30.2 Å². The van der Waals surface area contributed by atoms with Gasteiger partial charge >= 0.3 is 11.8 Å². The highest BCUT2D eigenvalue weighted by Crippen LogP contribution is 2.14. The van der Waals surface area contributed by atoms with Crippen LogP contribution in [0.25, 0.3) is 0 Å². The van der Waals surface area contributed by atoms with Gasteiger partial charge in [0.15, 0.2) is 5.76 Å². The van der Waals surface area contributed by atoms with E-state index in [1.54, 1.807) is 0 Å². The van der Waals surface area contributed by atoms with Crippen LogP contribution in [0.15, 0.2) is 44.0 Å². The minimum absolute atomic E-state index is 0.123. The van der Waals surface area contributed by atoms with Crippen LogP contribution in [-0.4, -0.2) is 11.3 Å². The number of hydrogen-bond acceptors (Lipinski definition) is 5. The van der Waals surface area contributed by atoms with E-state index in [-0.39, 0.29) is 18.1 Å². The Bertz CT molecular complexity index is 644. The molecule has 0 amide bonds. The number of ether oxygens (including phenoxy) is 1. The van der Waals surface area contributed by atoms with Gasteiger partial charge in [-0.2, -0.15) is 0 Å². The molecule has 0 saturated heterocycles. The molecule has 118 valence electrons. The maximum atomic E-state index is 12.0. The number of rotatable bonds is 8.